The monoisotopic (exact) mass is 368 g/mol. The minimum absolute atomic E-state index is 0.178. The van der Waals surface area contributed by atoms with Gasteiger partial charge in [-0.2, -0.15) is 17.0 Å². The molecule has 0 aromatic heterocycles. The molecule has 0 aliphatic carbocycles. The Labute approximate surface area is 150 Å². The van der Waals surface area contributed by atoms with Crippen molar-refractivity contribution >= 4 is 10.2 Å². The third-order valence-electron chi connectivity index (χ3n) is 5.25. The normalized spacial score (nSPS) is 25.9. The number of piperidine rings is 1. The molecule has 2 fully saturated rings. The van der Waals surface area contributed by atoms with Crippen molar-refractivity contribution in [2.24, 2.45) is 5.92 Å². The molecule has 1 aromatic rings. The van der Waals surface area contributed by atoms with Gasteiger partial charge >= 0.3 is 0 Å². The van der Waals surface area contributed by atoms with Crippen LogP contribution >= 0.6 is 0 Å². The molecule has 0 N–H and O–H groups in total. The first kappa shape index (κ1) is 18.5. The van der Waals surface area contributed by atoms with E-state index in [2.05, 4.69) is 6.92 Å². The highest BCUT2D eigenvalue weighted by Gasteiger charge is 2.40. The number of nitrogens with zero attached hydrogens (tertiary/aromatic N) is 2. The molecule has 2 heterocycles. The fraction of sp³-hybridized carbons (Fsp3) is 0.667. The van der Waals surface area contributed by atoms with Gasteiger partial charge in [0.15, 0.2) is 0 Å². The van der Waals surface area contributed by atoms with E-state index in [4.69, 9.17) is 9.47 Å². The van der Waals surface area contributed by atoms with Crippen LogP contribution in [0.4, 0.5) is 0 Å². The first-order valence-corrected chi connectivity index (χ1v) is 10.4. The summed E-state index contributed by atoms with van der Waals surface area (Å²) < 4.78 is 40.5. The number of ether oxygens (including phenoxy) is 2. The van der Waals surface area contributed by atoms with Gasteiger partial charge in [0.05, 0.1) is 20.3 Å². The van der Waals surface area contributed by atoms with Crippen molar-refractivity contribution in [2.45, 2.75) is 38.6 Å². The van der Waals surface area contributed by atoms with Crippen LogP contribution in [0.1, 0.15) is 44.2 Å². The summed E-state index contributed by atoms with van der Waals surface area (Å²) in [6.45, 7) is 3.92. The molecule has 2 aliphatic heterocycles. The Hall–Kier alpha value is -1.31. The van der Waals surface area contributed by atoms with E-state index in [-0.39, 0.29) is 6.04 Å². The van der Waals surface area contributed by atoms with Crippen molar-refractivity contribution in [1.29, 1.82) is 0 Å². The Morgan fingerprint density at radius 1 is 1.08 bits per heavy atom. The maximum atomic E-state index is 13.2. The van der Waals surface area contributed by atoms with Gasteiger partial charge in [0, 0.05) is 31.3 Å². The third kappa shape index (κ3) is 3.64. The van der Waals surface area contributed by atoms with Gasteiger partial charge in [-0.1, -0.05) is 13.0 Å². The highest BCUT2D eigenvalue weighted by molar-refractivity contribution is 7.86. The summed E-state index contributed by atoms with van der Waals surface area (Å²) in [4.78, 5) is 0. The summed E-state index contributed by atoms with van der Waals surface area (Å²) in [5, 5.41) is 0. The van der Waals surface area contributed by atoms with Crippen LogP contribution in [-0.4, -0.2) is 50.9 Å². The van der Waals surface area contributed by atoms with Crippen LogP contribution in [0.25, 0.3) is 0 Å². The van der Waals surface area contributed by atoms with Gasteiger partial charge in [-0.05, 0) is 37.7 Å². The molecule has 2 saturated heterocycles. The zero-order valence-electron chi connectivity index (χ0n) is 15.3. The molecule has 140 valence electrons. The summed E-state index contributed by atoms with van der Waals surface area (Å²) in [6.07, 6.45) is 3.71. The van der Waals surface area contributed by atoms with Crippen LogP contribution in [-0.2, 0) is 10.2 Å². The minimum Gasteiger partial charge on any atom is -0.497 e. The minimum atomic E-state index is -3.45. The van der Waals surface area contributed by atoms with Crippen molar-refractivity contribution in [1.82, 2.24) is 8.61 Å². The van der Waals surface area contributed by atoms with E-state index in [0.29, 0.717) is 37.1 Å². The van der Waals surface area contributed by atoms with E-state index in [1.807, 2.05) is 18.2 Å². The molecule has 0 saturated carbocycles. The zero-order chi connectivity index (χ0) is 18.0. The Bertz CT molecular complexity index is 707. The van der Waals surface area contributed by atoms with Crippen LogP contribution in [0, 0.1) is 5.92 Å². The average molecular weight is 368 g/mol. The van der Waals surface area contributed by atoms with Crippen molar-refractivity contribution in [2.75, 3.05) is 33.9 Å². The molecule has 0 bridgehead atoms. The Kier molecular flexibility index (Phi) is 5.55. The topological polar surface area (TPSA) is 59.1 Å². The molecule has 2 atom stereocenters. The number of benzene rings is 1. The summed E-state index contributed by atoms with van der Waals surface area (Å²) in [6, 6.07) is 5.43. The smallest absolute Gasteiger partial charge is 0.282 e. The van der Waals surface area contributed by atoms with Crippen LogP contribution in [0.2, 0.25) is 0 Å². The predicted octanol–water partition coefficient (Wildman–Crippen LogP) is 2.82. The second-order valence-corrected chi connectivity index (χ2v) is 8.87. The van der Waals surface area contributed by atoms with Crippen LogP contribution in [0.15, 0.2) is 18.2 Å². The van der Waals surface area contributed by atoms with Crippen molar-refractivity contribution < 1.29 is 17.9 Å². The molecule has 0 amide bonds. The molecule has 6 nitrogen and oxygen atoms in total. The van der Waals surface area contributed by atoms with Gasteiger partial charge < -0.3 is 9.47 Å². The predicted molar refractivity (Wildman–Crippen MR) is 97.1 cm³/mol. The number of hydrogen-bond donors (Lipinski definition) is 0. The van der Waals surface area contributed by atoms with E-state index in [1.54, 1.807) is 22.8 Å². The number of methoxy groups -OCH3 is 2. The van der Waals surface area contributed by atoms with Gasteiger partial charge in [0.25, 0.3) is 10.2 Å². The lowest BCUT2D eigenvalue weighted by Gasteiger charge is -2.35. The molecule has 0 unspecified atom stereocenters. The molecular weight excluding hydrogens is 340 g/mol. The fourth-order valence-corrected chi connectivity index (χ4v) is 5.92. The maximum Gasteiger partial charge on any atom is 0.282 e. The molecule has 0 radical (unpaired) electrons. The Morgan fingerprint density at radius 2 is 1.84 bits per heavy atom. The van der Waals surface area contributed by atoms with Crippen LogP contribution in [0.3, 0.4) is 0 Å². The summed E-state index contributed by atoms with van der Waals surface area (Å²) in [7, 11) is -0.234. The van der Waals surface area contributed by atoms with E-state index in [0.717, 1.165) is 31.2 Å². The van der Waals surface area contributed by atoms with Crippen molar-refractivity contribution in [3.8, 4) is 11.5 Å². The maximum absolute atomic E-state index is 13.2. The largest absolute Gasteiger partial charge is 0.497 e. The highest BCUT2D eigenvalue weighted by Crippen LogP contribution is 2.41. The van der Waals surface area contributed by atoms with E-state index < -0.39 is 10.2 Å². The van der Waals surface area contributed by atoms with E-state index in [9.17, 15) is 8.42 Å². The van der Waals surface area contributed by atoms with Crippen molar-refractivity contribution in [3.05, 3.63) is 23.8 Å². The van der Waals surface area contributed by atoms with Crippen molar-refractivity contribution in [3.63, 3.8) is 0 Å². The van der Waals surface area contributed by atoms with Crippen LogP contribution < -0.4 is 9.47 Å². The fourth-order valence-electron chi connectivity index (χ4n) is 3.92. The van der Waals surface area contributed by atoms with Gasteiger partial charge in [0.2, 0.25) is 0 Å². The molecule has 3 rings (SSSR count). The number of hydrogen-bond acceptors (Lipinski definition) is 4. The Balaban J connectivity index is 1.90. The first-order valence-electron chi connectivity index (χ1n) is 8.96. The van der Waals surface area contributed by atoms with E-state index in [1.165, 1.54) is 0 Å². The summed E-state index contributed by atoms with van der Waals surface area (Å²) >= 11 is 0. The van der Waals surface area contributed by atoms with Gasteiger partial charge in [0.1, 0.15) is 11.5 Å². The standard InChI is InChI=1S/C18H28N2O4S/c1-14-6-4-10-19(13-14)25(21,22)20-11-5-7-17(20)16-9-8-15(23-2)12-18(16)24-3/h8-9,12,14,17H,4-7,10-11,13H2,1-3H3/t14-,17-/m1/s1. The molecule has 1 aromatic carbocycles. The molecular formula is C18H28N2O4S. The second-order valence-electron chi connectivity index (χ2n) is 6.99. The molecule has 2 aliphatic rings. The van der Waals surface area contributed by atoms with E-state index >= 15 is 0 Å². The SMILES string of the molecule is COc1ccc([C@H]2CCCN2S(=O)(=O)N2CCC[C@@H](C)C2)c(OC)c1. The summed E-state index contributed by atoms with van der Waals surface area (Å²) in [5.74, 6) is 1.80. The third-order valence-corrected chi connectivity index (χ3v) is 7.26. The lowest BCUT2D eigenvalue weighted by molar-refractivity contribution is 0.253. The second kappa shape index (κ2) is 7.51. The molecule has 0 spiro atoms. The van der Waals surface area contributed by atoms with Gasteiger partial charge in [-0.25, -0.2) is 0 Å². The zero-order valence-corrected chi connectivity index (χ0v) is 16.1. The van der Waals surface area contributed by atoms with Gasteiger partial charge in [-0.3, -0.25) is 0 Å². The molecule has 7 heteroatoms. The van der Waals surface area contributed by atoms with Gasteiger partial charge in [-0.15, -0.1) is 0 Å². The molecule has 25 heavy (non-hydrogen) atoms. The average Bonchev–Trinajstić information content (AvgIpc) is 3.11. The lowest BCUT2D eigenvalue weighted by Crippen LogP contribution is -2.47. The highest BCUT2D eigenvalue weighted by atomic mass is 32.2. The summed E-state index contributed by atoms with van der Waals surface area (Å²) in [5.41, 5.74) is 0.912. The quantitative estimate of drug-likeness (QED) is 0.802. The Morgan fingerprint density at radius 3 is 2.52 bits per heavy atom. The van der Waals surface area contributed by atoms with Crippen LogP contribution in [0.5, 0.6) is 11.5 Å². The number of rotatable bonds is 5. The first-order chi connectivity index (χ1) is 12.0. The lowest BCUT2D eigenvalue weighted by atomic mass is 10.0.